The van der Waals surface area contributed by atoms with Crippen molar-refractivity contribution in [3.8, 4) is 0 Å². The van der Waals surface area contributed by atoms with E-state index >= 15 is 8.78 Å². The standard InChI is InChI=1S/C25H28F2N2O5S/c1-3-25(15-30,23-13-28-24(31)34-23)19-12-20(26)18(11-21(19)27)14-29-16(2)9-10-22(35(29,32)33)17-7-5-4-6-8-17/h4-8,11-13,16,22,30H,3,9-10,14-15H2,1-2H3,(H,28,31)/t16-,22+,25-/m0/s1. The molecule has 1 saturated heterocycles. The summed E-state index contributed by atoms with van der Waals surface area (Å²) in [5, 5.41) is 9.37. The lowest BCUT2D eigenvalue weighted by Gasteiger charge is -2.37. The topological polar surface area (TPSA) is 104 Å². The Bertz CT molecular complexity index is 1350. The van der Waals surface area contributed by atoms with Crippen molar-refractivity contribution in [2.45, 2.75) is 56.4 Å². The summed E-state index contributed by atoms with van der Waals surface area (Å²) < 4.78 is 64.0. The van der Waals surface area contributed by atoms with Crippen LogP contribution in [0.1, 0.15) is 60.8 Å². The minimum Gasteiger partial charge on any atom is -0.412 e. The number of hydrogen-bond donors (Lipinski definition) is 2. The molecule has 35 heavy (non-hydrogen) atoms. The maximum absolute atomic E-state index is 15.4. The summed E-state index contributed by atoms with van der Waals surface area (Å²) in [6.07, 6.45) is 2.36. The van der Waals surface area contributed by atoms with Crippen LogP contribution >= 0.6 is 0 Å². The number of nitrogens with one attached hydrogen (secondary N) is 1. The molecular formula is C25H28F2N2O5S. The van der Waals surface area contributed by atoms with Crippen molar-refractivity contribution in [2.24, 2.45) is 0 Å². The maximum Gasteiger partial charge on any atom is 0.416 e. The van der Waals surface area contributed by atoms with E-state index < -0.39 is 44.7 Å². The Kier molecular flexibility index (Phi) is 6.99. The summed E-state index contributed by atoms with van der Waals surface area (Å²) in [6.45, 7) is 2.45. The van der Waals surface area contributed by atoms with E-state index in [2.05, 4.69) is 4.98 Å². The first kappa shape index (κ1) is 25.3. The average Bonchev–Trinajstić information content (AvgIpc) is 3.27. The highest BCUT2D eigenvalue weighted by Gasteiger charge is 2.42. The van der Waals surface area contributed by atoms with Gasteiger partial charge in [0.25, 0.3) is 0 Å². The smallest absolute Gasteiger partial charge is 0.412 e. The van der Waals surface area contributed by atoms with E-state index in [4.69, 9.17) is 4.42 Å². The Hall–Kier alpha value is -2.82. The first-order valence-corrected chi connectivity index (χ1v) is 13.0. The van der Waals surface area contributed by atoms with E-state index in [0.29, 0.717) is 18.4 Å². The van der Waals surface area contributed by atoms with Crippen LogP contribution in [0.25, 0.3) is 0 Å². The van der Waals surface area contributed by atoms with Crippen LogP contribution in [0.4, 0.5) is 8.78 Å². The van der Waals surface area contributed by atoms with E-state index in [1.807, 2.05) is 0 Å². The molecule has 1 aliphatic rings. The number of nitrogens with zero attached hydrogens (tertiary/aromatic N) is 1. The Labute approximate surface area is 202 Å². The Morgan fingerprint density at radius 3 is 2.49 bits per heavy atom. The van der Waals surface area contributed by atoms with Crippen molar-refractivity contribution in [1.82, 2.24) is 9.29 Å². The van der Waals surface area contributed by atoms with Gasteiger partial charge >= 0.3 is 5.76 Å². The second kappa shape index (κ2) is 9.67. The summed E-state index contributed by atoms with van der Waals surface area (Å²) >= 11 is 0. The number of aliphatic hydroxyl groups excluding tert-OH is 1. The number of halogens is 2. The lowest BCUT2D eigenvalue weighted by Crippen LogP contribution is -2.45. The fourth-order valence-electron chi connectivity index (χ4n) is 4.89. The van der Waals surface area contributed by atoms with E-state index in [1.165, 1.54) is 10.5 Å². The van der Waals surface area contributed by atoms with Gasteiger partial charge < -0.3 is 9.52 Å². The van der Waals surface area contributed by atoms with Crippen molar-refractivity contribution in [1.29, 1.82) is 0 Å². The molecule has 3 atom stereocenters. The van der Waals surface area contributed by atoms with Gasteiger partial charge in [0, 0.05) is 29.9 Å². The summed E-state index contributed by atoms with van der Waals surface area (Å²) in [6, 6.07) is 10.4. The lowest BCUT2D eigenvalue weighted by molar-refractivity contribution is 0.188. The van der Waals surface area contributed by atoms with Gasteiger partial charge in [-0.3, -0.25) is 4.98 Å². The van der Waals surface area contributed by atoms with Gasteiger partial charge in [-0.2, -0.15) is 4.31 Å². The lowest BCUT2D eigenvalue weighted by atomic mass is 9.76. The third-order valence-electron chi connectivity index (χ3n) is 7.04. The molecule has 0 unspecified atom stereocenters. The van der Waals surface area contributed by atoms with Gasteiger partial charge in [0.05, 0.1) is 12.0 Å². The third-order valence-corrected chi connectivity index (χ3v) is 9.41. The van der Waals surface area contributed by atoms with Crippen molar-refractivity contribution in [3.63, 3.8) is 0 Å². The molecule has 3 aromatic rings. The van der Waals surface area contributed by atoms with Gasteiger partial charge in [0.15, 0.2) is 0 Å². The number of aliphatic hydroxyl groups is 1. The molecule has 2 N–H and O–H groups in total. The fourth-order valence-corrected chi connectivity index (χ4v) is 7.08. The molecule has 0 spiro atoms. The molecule has 2 heterocycles. The zero-order valence-corrected chi connectivity index (χ0v) is 20.3. The number of aromatic amines is 1. The van der Waals surface area contributed by atoms with Crippen LogP contribution in [0.3, 0.4) is 0 Å². The van der Waals surface area contributed by atoms with Crippen LogP contribution < -0.4 is 5.76 Å². The molecule has 10 heteroatoms. The summed E-state index contributed by atoms with van der Waals surface area (Å²) in [4.78, 5) is 13.8. The second-order valence-corrected chi connectivity index (χ2v) is 11.0. The fraction of sp³-hybridized carbons (Fsp3) is 0.400. The molecular weight excluding hydrogens is 478 g/mol. The number of oxazole rings is 1. The van der Waals surface area contributed by atoms with Crippen LogP contribution in [0.15, 0.2) is 57.9 Å². The van der Waals surface area contributed by atoms with Crippen molar-refractivity contribution in [2.75, 3.05) is 6.61 Å². The average molecular weight is 507 g/mol. The number of hydrogen-bond acceptors (Lipinski definition) is 5. The molecule has 1 fully saturated rings. The van der Waals surface area contributed by atoms with E-state index in [9.17, 15) is 18.3 Å². The largest absolute Gasteiger partial charge is 0.416 e. The molecule has 7 nitrogen and oxygen atoms in total. The predicted octanol–water partition coefficient (Wildman–Crippen LogP) is 3.99. The molecule has 0 bridgehead atoms. The number of sulfonamides is 1. The highest BCUT2D eigenvalue weighted by Crippen LogP contribution is 2.40. The molecule has 0 aliphatic carbocycles. The predicted molar refractivity (Wildman–Crippen MR) is 126 cm³/mol. The highest BCUT2D eigenvalue weighted by atomic mass is 32.2. The Balaban J connectivity index is 1.71. The number of aromatic nitrogens is 1. The zero-order valence-electron chi connectivity index (χ0n) is 19.5. The highest BCUT2D eigenvalue weighted by molar-refractivity contribution is 7.89. The van der Waals surface area contributed by atoms with Crippen LogP contribution in [-0.2, 0) is 22.0 Å². The Morgan fingerprint density at radius 2 is 1.89 bits per heavy atom. The molecule has 0 amide bonds. The molecule has 0 radical (unpaired) electrons. The minimum absolute atomic E-state index is 0.0171. The first-order chi connectivity index (χ1) is 16.6. The molecule has 4 rings (SSSR count). The third kappa shape index (κ3) is 4.46. The van der Waals surface area contributed by atoms with Gasteiger partial charge in [-0.15, -0.1) is 0 Å². The van der Waals surface area contributed by atoms with Crippen molar-refractivity contribution in [3.05, 3.63) is 93.3 Å². The number of rotatable bonds is 7. The SMILES string of the molecule is CC[C@@](CO)(c1c[nH]c(=O)o1)c1cc(F)c(CN2[C@@H](C)CC[C@H](c3ccccc3)S2(=O)=O)cc1F. The quantitative estimate of drug-likeness (QED) is 0.504. The van der Waals surface area contributed by atoms with Gasteiger partial charge in [0.2, 0.25) is 10.0 Å². The number of H-pyrrole nitrogens is 1. The Morgan fingerprint density at radius 1 is 1.17 bits per heavy atom. The molecule has 1 aliphatic heterocycles. The van der Waals surface area contributed by atoms with Gasteiger partial charge in [0.1, 0.15) is 22.6 Å². The van der Waals surface area contributed by atoms with Crippen LogP contribution in [0, 0.1) is 11.6 Å². The van der Waals surface area contributed by atoms with Crippen LogP contribution in [0.5, 0.6) is 0 Å². The normalized spacial score (nSPS) is 22.1. The number of benzene rings is 2. The molecule has 0 saturated carbocycles. The van der Waals surface area contributed by atoms with Crippen LogP contribution in [0.2, 0.25) is 0 Å². The monoisotopic (exact) mass is 506 g/mol. The minimum atomic E-state index is -3.83. The van der Waals surface area contributed by atoms with Gasteiger partial charge in [-0.05, 0) is 43.9 Å². The van der Waals surface area contributed by atoms with Crippen molar-refractivity contribution < 1.29 is 26.7 Å². The molecule has 2 aromatic carbocycles. The zero-order chi connectivity index (χ0) is 25.4. The van der Waals surface area contributed by atoms with E-state index in [-0.39, 0.29) is 35.9 Å². The van der Waals surface area contributed by atoms with Gasteiger partial charge in [-0.25, -0.2) is 22.0 Å². The van der Waals surface area contributed by atoms with Crippen LogP contribution in [-0.4, -0.2) is 35.5 Å². The second-order valence-electron chi connectivity index (χ2n) is 8.98. The summed E-state index contributed by atoms with van der Waals surface area (Å²) in [5.41, 5.74) is -1.11. The van der Waals surface area contributed by atoms with Crippen molar-refractivity contribution >= 4 is 10.0 Å². The van der Waals surface area contributed by atoms with E-state index in [1.54, 1.807) is 44.2 Å². The molecule has 1 aromatic heterocycles. The summed E-state index contributed by atoms with van der Waals surface area (Å²) in [5.74, 6) is -2.44. The first-order valence-electron chi connectivity index (χ1n) is 11.5. The maximum atomic E-state index is 15.4. The van der Waals surface area contributed by atoms with Gasteiger partial charge in [-0.1, -0.05) is 37.3 Å². The molecule has 188 valence electrons. The summed E-state index contributed by atoms with van der Waals surface area (Å²) in [7, 11) is -3.83. The van der Waals surface area contributed by atoms with E-state index in [0.717, 1.165) is 12.1 Å².